The van der Waals surface area contributed by atoms with Crippen LogP contribution < -0.4 is 15.4 Å². The number of halogens is 2. The molecule has 1 aliphatic rings. The van der Waals surface area contributed by atoms with Gasteiger partial charge in [0.25, 0.3) is 0 Å². The number of piperidine rings is 1. The van der Waals surface area contributed by atoms with Gasteiger partial charge in [-0.25, -0.2) is 17.1 Å². The molecule has 10 heteroatoms. The van der Waals surface area contributed by atoms with Crippen LogP contribution in [0.1, 0.15) is 33.1 Å². The Kier molecular flexibility index (Phi) is 11.2. The van der Waals surface area contributed by atoms with Gasteiger partial charge in [0.1, 0.15) is 17.7 Å². The zero-order chi connectivity index (χ0) is 20.6. The van der Waals surface area contributed by atoms with E-state index in [0.717, 1.165) is 12.8 Å². The molecule has 0 bridgehead atoms. The molecule has 0 aromatic heterocycles. The molecule has 0 saturated carbocycles. The molecule has 1 unspecified atom stereocenters. The van der Waals surface area contributed by atoms with Gasteiger partial charge in [-0.2, -0.15) is 0 Å². The Morgan fingerprint density at radius 1 is 1.31 bits per heavy atom. The zero-order valence-electron chi connectivity index (χ0n) is 17.2. The number of guanidine groups is 1. The number of nitrogens with zero attached hydrogens (tertiary/aromatic N) is 2. The maximum absolute atomic E-state index is 12.9. The minimum atomic E-state index is -3.13. The number of ether oxygens (including phenoxy) is 1. The molecule has 0 aliphatic carbocycles. The van der Waals surface area contributed by atoms with Gasteiger partial charge in [-0.1, -0.05) is 6.92 Å². The normalized spacial score (nSPS) is 17.3. The Morgan fingerprint density at radius 2 is 1.93 bits per heavy atom. The molecule has 1 aromatic carbocycles. The van der Waals surface area contributed by atoms with E-state index in [0.29, 0.717) is 37.8 Å². The van der Waals surface area contributed by atoms with Crippen molar-refractivity contribution in [2.24, 2.45) is 4.99 Å². The highest BCUT2D eigenvalue weighted by Gasteiger charge is 2.27. The molecule has 7 nitrogen and oxygen atoms in total. The third-order valence-corrected chi connectivity index (χ3v) is 6.66. The summed E-state index contributed by atoms with van der Waals surface area (Å²) in [5.74, 6) is 1.18. The summed E-state index contributed by atoms with van der Waals surface area (Å²) in [5.41, 5.74) is 0. The van der Waals surface area contributed by atoms with Gasteiger partial charge < -0.3 is 15.4 Å². The Hall–Kier alpha value is -1.14. The van der Waals surface area contributed by atoms with Gasteiger partial charge in [-0.15, -0.1) is 24.0 Å². The van der Waals surface area contributed by atoms with Crippen molar-refractivity contribution in [3.05, 3.63) is 30.1 Å². The molecule has 1 aromatic rings. The summed E-state index contributed by atoms with van der Waals surface area (Å²) in [6.07, 6.45) is 1.98. The van der Waals surface area contributed by atoms with Crippen LogP contribution in [0.2, 0.25) is 0 Å². The van der Waals surface area contributed by atoms with E-state index >= 15 is 0 Å². The minimum Gasteiger partial charge on any atom is -0.489 e. The number of nitrogens with one attached hydrogen (secondary N) is 2. The molecule has 2 N–H and O–H groups in total. The zero-order valence-corrected chi connectivity index (χ0v) is 20.4. The van der Waals surface area contributed by atoms with Gasteiger partial charge in [0.2, 0.25) is 10.0 Å². The number of aliphatic imine (C=N–C) groups is 1. The maximum atomic E-state index is 12.9. The first-order valence-electron chi connectivity index (χ1n) is 9.71. The number of benzene rings is 1. The highest BCUT2D eigenvalue weighted by Crippen LogP contribution is 2.15. The van der Waals surface area contributed by atoms with E-state index in [-0.39, 0.29) is 47.7 Å². The van der Waals surface area contributed by atoms with Crippen molar-refractivity contribution in [3.63, 3.8) is 0 Å². The summed E-state index contributed by atoms with van der Waals surface area (Å²) in [6.45, 7) is 5.38. The van der Waals surface area contributed by atoms with Gasteiger partial charge in [-0.05, 0) is 50.5 Å². The third kappa shape index (κ3) is 8.63. The van der Waals surface area contributed by atoms with Crippen LogP contribution in [0.4, 0.5) is 4.39 Å². The second-order valence-electron chi connectivity index (χ2n) is 6.97. The van der Waals surface area contributed by atoms with Crippen molar-refractivity contribution in [2.45, 2.75) is 45.3 Å². The lowest BCUT2D eigenvalue weighted by molar-refractivity contribution is 0.223. The molecular formula is C19H32FIN4O3S. The topological polar surface area (TPSA) is 83.0 Å². The molecule has 0 spiro atoms. The highest BCUT2D eigenvalue weighted by atomic mass is 127. The molecule has 1 aliphatic heterocycles. The molecular weight excluding hydrogens is 510 g/mol. The van der Waals surface area contributed by atoms with E-state index in [9.17, 15) is 12.8 Å². The van der Waals surface area contributed by atoms with Crippen LogP contribution in [-0.4, -0.2) is 63.3 Å². The third-order valence-electron chi connectivity index (χ3n) is 4.58. The summed E-state index contributed by atoms with van der Waals surface area (Å²) < 4.78 is 44.6. The quantitative estimate of drug-likeness (QED) is 0.300. The van der Waals surface area contributed by atoms with Gasteiger partial charge in [-0.3, -0.25) is 4.99 Å². The average molecular weight is 542 g/mol. The molecule has 166 valence electrons. The molecule has 1 atom stereocenters. The molecule has 1 fully saturated rings. The van der Waals surface area contributed by atoms with Crippen LogP contribution in [-0.2, 0) is 10.0 Å². The first kappa shape index (κ1) is 25.9. The Balaban J connectivity index is 0.00000420. The second kappa shape index (κ2) is 12.5. The SMILES string of the molecule is CCCS(=O)(=O)N1CCC(NC(=NC)NCC(C)Oc2ccc(F)cc2)CC1.I. The lowest BCUT2D eigenvalue weighted by atomic mass is 10.1. The smallest absolute Gasteiger partial charge is 0.214 e. The Morgan fingerprint density at radius 3 is 2.48 bits per heavy atom. The van der Waals surface area contributed by atoms with Crippen LogP contribution in [0.3, 0.4) is 0 Å². The van der Waals surface area contributed by atoms with Crippen LogP contribution in [0.5, 0.6) is 5.75 Å². The van der Waals surface area contributed by atoms with Gasteiger partial charge in [0.05, 0.1) is 12.3 Å². The van der Waals surface area contributed by atoms with Crippen molar-refractivity contribution >= 4 is 40.0 Å². The standard InChI is InChI=1S/C19H31FN4O3S.HI/c1-4-13-28(25,26)24-11-9-17(10-12-24)23-19(21-3)22-14-15(2)27-18-7-5-16(20)6-8-18;/h5-8,15,17H,4,9-14H2,1-3H3,(H2,21,22,23);1H. The lowest BCUT2D eigenvalue weighted by Crippen LogP contribution is -2.51. The summed E-state index contributed by atoms with van der Waals surface area (Å²) in [4.78, 5) is 4.23. The number of rotatable bonds is 8. The van der Waals surface area contributed by atoms with Crippen molar-refractivity contribution in [1.82, 2.24) is 14.9 Å². The molecule has 1 saturated heterocycles. The van der Waals surface area contributed by atoms with Crippen LogP contribution in [0, 0.1) is 5.82 Å². The fraction of sp³-hybridized carbons (Fsp3) is 0.632. The average Bonchev–Trinajstić information content (AvgIpc) is 2.67. The van der Waals surface area contributed by atoms with Gasteiger partial charge in [0, 0.05) is 26.2 Å². The van der Waals surface area contributed by atoms with Crippen LogP contribution >= 0.6 is 24.0 Å². The molecule has 0 amide bonds. The van der Waals surface area contributed by atoms with E-state index in [1.165, 1.54) is 12.1 Å². The highest BCUT2D eigenvalue weighted by molar-refractivity contribution is 14.0. The summed E-state index contributed by atoms with van der Waals surface area (Å²) in [6, 6.07) is 6.09. The second-order valence-corrected chi connectivity index (χ2v) is 9.06. The minimum absolute atomic E-state index is 0. The summed E-state index contributed by atoms with van der Waals surface area (Å²) in [5, 5.41) is 6.57. The van der Waals surface area contributed by atoms with E-state index in [1.807, 2.05) is 13.8 Å². The largest absolute Gasteiger partial charge is 0.489 e. The van der Waals surface area contributed by atoms with E-state index in [2.05, 4.69) is 15.6 Å². The number of sulfonamides is 1. The van der Waals surface area contributed by atoms with Crippen LogP contribution in [0.25, 0.3) is 0 Å². The Bertz CT molecular complexity index is 738. The van der Waals surface area contributed by atoms with E-state index in [1.54, 1.807) is 23.5 Å². The Labute approximate surface area is 190 Å². The van der Waals surface area contributed by atoms with Crippen molar-refractivity contribution in [1.29, 1.82) is 0 Å². The lowest BCUT2D eigenvalue weighted by Gasteiger charge is -2.32. The van der Waals surface area contributed by atoms with Crippen molar-refractivity contribution < 1.29 is 17.5 Å². The molecule has 29 heavy (non-hydrogen) atoms. The van der Waals surface area contributed by atoms with Crippen molar-refractivity contribution in [2.75, 3.05) is 32.4 Å². The summed E-state index contributed by atoms with van der Waals surface area (Å²) in [7, 11) is -1.43. The molecule has 1 heterocycles. The molecule has 2 rings (SSSR count). The molecule has 0 radical (unpaired) electrons. The fourth-order valence-corrected chi connectivity index (χ4v) is 4.62. The van der Waals surface area contributed by atoms with Crippen molar-refractivity contribution in [3.8, 4) is 5.75 Å². The van der Waals surface area contributed by atoms with E-state index < -0.39 is 10.0 Å². The van der Waals surface area contributed by atoms with Gasteiger partial charge in [0.15, 0.2) is 5.96 Å². The van der Waals surface area contributed by atoms with E-state index in [4.69, 9.17) is 4.74 Å². The number of hydrogen-bond donors (Lipinski definition) is 2. The predicted octanol–water partition coefficient (Wildman–Crippen LogP) is 2.58. The first-order valence-corrected chi connectivity index (χ1v) is 11.3. The van der Waals surface area contributed by atoms with Gasteiger partial charge >= 0.3 is 0 Å². The predicted molar refractivity (Wildman–Crippen MR) is 125 cm³/mol. The monoisotopic (exact) mass is 542 g/mol. The maximum Gasteiger partial charge on any atom is 0.214 e. The fourth-order valence-electron chi connectivity index (χ4n) is 3.08. The first-order chi connectivity index (χ1) is 13.3. The number of hydrogen-bond acceptors (Lipinski definition) is 4. The summed E-state index contributed by atoms with van der Waals surface area (Å²) >= 11 is 0. The van der Waals surface area contributed by atoms with Crippen LogP contribution in [0.15, 0.2) is 29.3 Å².